The van der Waals surface area contributed by atoms with Crippen LogP contribution in [0.2, 0.25) is 0 Å². The summed E-state index contributed by atoms with van der Waals surface area (Å²) in [5.74, 6) is -4.24. The van der Waals surface area contributed by atoms with Crippen LogP contribution in [0.25, 0.3) is 6.08 Å². The largest absolute Gasteiger partial charge is 0.497 e. The fourth-order valence-electron chi connectivity index (χ4n) is 8.13. The molecule has 352 valence electrons. The molecule has 0 fully saturated rings. The van der Waals surface area contributed by atoms with Crippen molar-refractivity contribution in [1.82, 2.24) is 19.9 Å². The highest BCUT2D eigenvalue weighted by Crippen LogP contribution is 2.40. The third kappa shape index (κ3) is 13.1. The normalized spacial score (nSPS) is 14.7. The van der Waals surface area contributed by atoms with E-state index >= 15 is 9.59 Å². The minimum Gasteiger partial charge on any atom is -0.497 e. The third-order valence-corrected chi connectivity index (χ3v) is 13.0. The van der Waals surface area contributed by atoms with E-state index in [0.29, 0.717) is 44.5 Å². The van der Waals surface area contributed by atoms with Crippen LogP contribution in [0.3, 0.4) is 0 Å². The molecule has 2 heterocycles. The molecule has 0 bridgehead atoms. The topological polar surface area (TPSA) is 138 Å². The number of carbonyl (C=O) groups excluding carboxylic acids is 6. The summed E-state index contributed by atoms with van der Waals surface area (Å²) in [5, 5.41) is 1.78. The number of amides is 6. The van der Waals surface area contributed by atoms with E-state index in [1.807, 2.05) is 13.0 Å². The van der Waals surface area contributed by atoms with Gasteiger partial charge in [0.1, 0.15) is 11.3 Å². The molecule has 3 aromatic rings. The first kappa shape index (κ1) is 52.2. The predicted octanol–water partition coefficient (Wildman–Crippen LogP) is 10.7. The quantitative estimate of drug-likeness (QED) is 0.0548. The van der Waals surface area contributed by atoms with E-state index < -0.39 is 46.4 Å². The number of methoxy groups -OCH3 is 1. The fraction of sp³-hybridized carbons (Fsp3) is 0.519. The summed E-state index contributed by atoms with van der Waals surface area (Å²) in [7, 11) is 1.47. The molecule has 0 N–H and O–H groups in total. The van der Waals surface area contributed by atoms with Gasteiger partial charge < -0.3 is 9.64 Å². The Morgan fingerprint density at radius 3 is 1.85 bits per heavy atom. The lowest BCUT2D eigenvalue weighted by atomic mass is 9.87. The second kappa shape index (κ2) is 24.2. The van der Waals surface area contributed by atoms with E-state index in [1.54, 1.807) is 30.3 Å². The van der Waals surface area contributed by atoms with Crippen LogP contribution < -0.4 is 9.64 Å². The van der Waals surface area contributed by atoms with Crippen molar-refractivity contribution in [2.75, 3.05) is 25.1 Å². The van der Waals surface area contributed by atoms with Crippen LogP contribution in [-0.2, 0) is 35.9 Å². The Labute approximate surface area is 391 Å². The van der Waals surface area contributed by atoms with Gasteiger partial charge in [0, 0.05) is 43.5 Å². The number of thiazole rings is 1. The average molecular weight is 910 g/mol. The molecular formula is C52H71N5O7S. The number of rotatable bonds is 22. The first-order valence-electron chi connectivity index (χ1n) is 23.4. The average Bonchev–Trinajstić information content (AvgIpc) is 3.72. The number of aromatic nitrogens is 1. The molecule has 65 heavy (non-hydrogen) atoms. The fourth-order valence-corrected chi connectivity index (χ4v) is 9.37. The van der Waals surface area contributed by atoms with Crippen LogP contribution in [0.1, 0.15) is 160 Å². The van der Waals surface area contributed by atoms with Crippen molar-refractivity contribution < 1.29 is 33.5 Å². The number of hydrogen-bond acceptors (Lipinski definition) is 10. The van der Waals surface area contributed by atoms with Crippen molar-refractivity contribution >= 4 is 58.0 Å². The molecule has 2 unspecified atom stereocenters. The van der Waals surface area contributed by atoms with Crippen molar-refractivity contribution in [3.63, 3.8) is 0 Å². The van der Waals surface area contributed by atoms with Crippen LogP contribution in [0.15, 0.2) is 71.3 Å². The van der Waals surface area contributed by atoms with Crippen molar-refractivity contribution in [1.29, 1.82) is 0 Å². The molecule has 1 aromatic heterocycles. The minimum absolute atomic E-state index is 0.00590. The maximum absolute atomic E-state index is 15.3. The standard InChI is InChI=1S/C52H71N5O7S/c1-12-17-23-37(15-4)32-54(33-38(16-5)24-18-13-2)51-53-46(52(8,9)10)44(65-51)31-43-42(22-14-3)45(49(62)55(35(6)58)34-39-25-20-19-21-26-39)50(63)57(48(43)61)56(36(7)59)47(60)40-27-29-41(64-11)30-28-40/h19-21,25-31,37-38H,12-18,22-24,32-34H2,1-11H3/b43-31-. The molecule has 0 aliphatic carbocycles. The summed E-state index contributed by atoms with van der Waals surface area (Å²) < 4.78 is 5.27. The molecule has 0 radical (unpaired) electrons. The van der Waals surface area contributed by atoms with E-state index in [0.717, 1.165) is 87.1 Å². The molecule has 6 amide bonds. The van der Waals surface area contributed by atoms with Crippen molar-refractivity contribution in [3.8, 4) is 5.75 Å². The van der Waals surface area contributed by atoms with Gasteiger partial charge in [0.2, 0.25) is 11.8 Å². The summed E-state index contributed by atoms with van der Waals surface area (Å²) in [5.41, 5.74) is 0.471. The predicted molar refractivity (Wildman–Crippen MR) is 259 cm³/mol. The van der Waals surface area contributed by atoms with Gasteiger partial charge in [-0.05, 0) is 72.6 Å². The SMILES string of the molecule is CCCCC(CC)CN(CC(CC)CCCC)c1nc(C(C)(C)C)c(/C=C2\C(=O)N(N(C(C)=O)C(=O)c3ccc(OC)cc3)C(=O)C(C(=O)N(Cc3ccccc3)C(C)=O)=C2CCC)s1. The number of hydrazine groups is 1. The van der Waals surface area contributed by atoms with E-state index in [-0.39, 0.29) is 29.7 Å². The van der Waals surface area contributed by atoms with Gasteiger partial charge >= 0.3 is 0 Å². The molecular weight excluding hydrogens is 839 g/mol. The van der Waals surface area contributed by atoms with E-state index in [4.69, 9.17) is 9.72 Å². The molecule has 0 spiro atoms. The smallest absolute Gasteiger partial charge is 0.286 e. The van der Waals surface area contributed by atoms with E-state index in [1.165, 1.54) is 49.6 Å². The Hall–Kier alpha value is -5.43. The van der Waals surface area contributed by atoms with E-state index in [2.05, 4.69) is 53.4 Å². The van der Waals surface area contributed by atoms with Gasteiger partial charge in [0.15, 0.2) is 5.13 Å². The number of nitrogens with zero attached hydrogens (tertiary/aromatic N) is 5. The van der Waals surface area contributed by atoms with Gasteiger partial charge in [-0.1, -0.05) is 142 Å². The number of imide groups is 3. The second-order valence-electron chi connectivity index (χ2n) is 18.0. The lowest BCUT2D eigenvalue weighted by Gasteiger charge is -2.36. The molecule has 2 aromatic carbocycles. The van der Waals surface area contributed by atoms with Gasteiger partial charge in [-0.3, -0.25) is 33.7 Å². The zero-order chi connectivity index (χ0) is 48.0. The zero-order valence-corrected chi connectivity index (χ0v) is 41.4. The first-order valence-corrected chi connectivity index (χ1v) is 24.2. The summed E-state index contributed by atoms with van der Waals surface area (Å²) in [6.07, 6.45) is 11.0. The number of ether oxygens (including phenoxy) is 1. The number of hydrogen-bond donors (Lipinski definition) is 0. The molecule has 2 atom stereocenters. The van der Waals surface area contributed by atoms with Crippen LogP contribution >= 0.6 is 11.3 Å². The monoisotopic (exact) mass is 910 g/mol. The highest BCUT2D eigenvalue weighted by molar-refractivity contribution is 7.16. The Bertz CT molecular complexity index is 2190. The van der Waals surface area contributed by atoms with Gasteiger partial charge in [-0.25, -0.2) is 4.98 Å². The number of carbonyl (C=O) groups is 6. The van der Waals surface area contributed by atoms with Crippen molar-refractivity contribution in [2.24, 2.45) is 11.8 Å². The van der Waals surface area contributed by atoms with Crippen molar-refractivity contribution in [3.05, 3.63) is 93.0 Å². The third-order valence-electron chi connectivity index (χ3n) is 11.9. The Balaban J connectivity index is 2.06. The number of unbranched alkanes of at least 4 members (excludes halogenated alkanes) is 2. The Morgan fingerprint density at radius 1 is 0.785 bits per heavy atom. The molecule has 1 aliphatic rings. The summed E-state index contributed by atoms with van der Waals surface area (Å²) in [4.78, 5) is 96.0. The van der Waals surface area contributed by atoms with Gasteiger partial charge in [-0.2, -0.15) is 10.0 Å². The van der Waals surface area contributed by atoms with Crippen LogP contribution in [-0.4, -0.2) is 75.5 Å². The van der Waals surface area contributed by atoms with Gasteiger partial charge in [0.25, 0.3) is 23.6 Å². The van der Waals surface area contributed by atoms with Crippen LogP contribution in [0, 0.1) is 11.8 Å². The van der Waals surface area contributed by atoms with Crippen LogP contribution in [0.4, 0.5) is 5.13 Å². The Kier molecular flexibility index (Phi) is 19.4. The zero-order valence-electron chi connectivity index (χ0n) is 40.6. The minimum atomic E-state index is -1.18. The lowest BCUT2D eigenvalue weighted by Crippen LogP contribution is -2.59. The highest BCUT2D eigenvalue weighted by Gasteiger charge is 2.47. The number of benzene rings is 2. The van der Waals surface area contributed by atoms with E-state index in [9.17, 15) is 19.2 Å². The maximum Gasteiger partial charge on any atom is 0.286 e. The number of anilines is 1. The summed E-state index contributed by atoms with van der Waals surface area (Å²) in [6, 6.07) is 14.8. The molecule has 0 saturated carbocycles. The molecule has 4 rings (SSSR count). The molecule has 13 heteroatoms. The lowest BCUT2D eigenvalue weighted by molar-refractivity contribution is -0.164. The molecule has 1 aliphatic heterocycles. The maximum atomic E-state index is 15.3. The van der Waals surface area contributed by atoms with Gasteiger partial charge in [-0.15, -0.1) is 0 Å². The second-order valence-corrected chi connectivity index (χ2v) is 19.1. The van der Waals surface area contributed by atoms with Crippen molar-refractivity contribution in [2.45, 2.75) is 145 Å². The Morgan fingerprint density at radius 2 is 1.37 bits per heavy atom. The van der Waals surface area contributed by atoms with Gasteiger partial charge in [0.05, 0.1) is 24.2 Å². The first-order chi connectivity index (χ1) is 30.9. The highest BCUT2D eigenvalue weighted by atomic mass is 32.1. The molecule has 0 saturated heterocycles. The summed E-state index contributed by atoms with van der Waals surface area (Å²) in [6.45, 7) is 20.8. The summed E-state index contributed by atoms with van der Waals surface area (Å²) >= 11 is 1.46. The molecule has 12 nitrogen and oxygen atoms in total. The van der Waals surface area contributed by atoms with Crippen LogP contribution in [0.5, 0.6) is 5.75 Å².